The Labute approximate surface area is 91.9 Å². The van der Waals surface area contributed by atoms with Gasteiger partial charge in [-0.3, -0.25) is 4.79 Å². The molecule has 82 valence electrons. The molecule has 0 bridgehead atoms. The molecule has 0 spiro atoms. The molecule has 1 aromatic rings. The van der Waals surface area contributed by atoms with E-state index in [0.717, 1.165) is 12.1 Å². The van der Waals surface area contributed by atoms with Gasteiger partial charge in [-0.15, -0.1) is 0 Å². The van der Waals surface area contributed by atoms with Gasteiger partial charge in [-0.25, -0.2) is 0 Å². The fourth-order valence-electron chi connectivity index (χ4n) is 1.47. The molecular weight excluding hydrogens is 186 g/mol. The topological polar surface area (TPSA) is 20.3 Å². The third-order valence-electron chi connectivity index (χ3n) is 2.75. The predicted molar refractivity (Wildman–Crippen MR) is 64.0 cm³/mol. The van der Waals surface area contributed by atoms with Crippen molar-refractivity contribution in [1.82, 2.24) is 0 Å². The van der Waals surface area contributed by atoms with Crippen LogP contribution in [0, 0.1) is 12.8 Å². The highest BCUT2D eigenvalue weighted by molar-refractivity contribution is 5.94. The summed E-state index contributed by atoms with van der Waals surface area (Å²) in [6, 6.07) is 8.00. The molecule has 0 saturated carbocycles. The Bertz CT molecular complexity index is 346. The largest absolute Gasteiger partial charge is 0.315 e. The van der Waals surface area contributed by atoms with Crippen LogP contribution in [-0.4, -0.2) is 13.0 Å². The van der Waals surface area contributed by atoms with Gasteiger partial charge in [0.05, 0.1) is 0 Å². The second-order valence-corrected chi connectivity index (χ2v) is 4.05. The molecule has 0 radical (unpaired) electrons. The number of carbonyl (C=O) groups is 1. The molecule has 0 aliphatic heterocycles. The Morgan fingerprint density at radius 3 is 2.67 bits per heavy atom. The fraction of sp³-hybridized carbons (Fsp3) is 0.462. The minimum absolute atomic E-state index is 0.0931. The van der Waals surface area contributed by atoms with E-state index in [1.165, 1.54) is 5.56 Å². The average Bonchev–Trinajstić information content (AvgIpc) is 2.26. The highest BCUT2D eigenvalue weighted by Gasteiger charge is 2.16. The first-order valence-corrected chi connectivity index (χ1v) is 5.40. The molecule has 1 rings (SSSR count). The lowest BCUT2D eigenvalue weighted by molar-refractivity contribution is -0.121. The van der Waals surface area contributed by atoms with Crippen LogP contribution < -0.4 is 4.90 Å². The lowest BCUT2D eigenvalue weighted by Crippen LogP contribution is -2.31. The Morgan fingerprint density at radius 2 is 2.13 bits per heavy atom. The highest BCUT2D eigenvalue weighted by atomic mass is 16.2. The van der Waals surface area contributed by atoms with Crippen LogP contribution in [0.4, 0.5) is 5.69 Å². The summed E-state index contributed by atoms with van der Waals surface area (Å²) in [5.41, 5.74) is 2.15. The maximum Gasteiger partial charge on any atom is 0.229 e. The Kier molecular flexibility index (Phi) is 3.89. The van der Waals surface area contributed by atoms with E-state index in [-0.39, 0.29) is 11.8 Å². The number of anilines is 1. The summed E-state index contributed by atoms with van der Waals surface area (Å²) in [6.07, 6.45) is 0.884. The van der Waals surface area contributed by atoms with Crippen LogP contribution in [-0.2, 0) is 4.79 Å². The first-order valence-electron chi connectivity index (χ1n) is 5.40. The molecule has 1 amide bonds. The van der Waals surface area contributed by atoms with Gasteiger partial charge in [0, 0.05) is 18.7 Å². The van der Waals surface area contributed by atoms with Gasteiger partial charge in [0.1, 0.15) is 0 Å². The van der Waals surface area contributed by atoms with Crippen molar-refractivity contribution in [2.24, 2.45) is 5.92 Å². The molecule has 2 nitrogen and oxygen atoms in total. The van der Waals surface area contributed by atoms with Crippen molar-refractivity contribution in [2.45, 2.75) is 27.2 Å². The first-order chi connectivity index (χ1) is 7.06. The van der Waals surface area contributed by atoms with Crippen LogP contribution in [0.2, 0.25) is 0 Å². The minimum atomic E-state index is 0.0931. The van der Waals surface area contributed by atoms with Crippen molar-refractivity contribution in [3.63, 3.8) is 0 Å². The van der Waals surface area contributed by atoms with E-state index < -0.39 is 0 Å². The lowest BCUT2D eigenvalue weighted by atomic mass is 10.1. The fourth-order valence-corrected chi connectivity index (χ4v) is 1.47. The van der Waals surface area contributed by atoms with E-state index in [1.54, 1.807) is 4.90 Å². The SMILES string of the molecule is CC[C@@H](C)C(=O)N(C)c1cccc(C)c1. The zero-order chi connectivity index (χ0) is 11.4. The van der Waals surface area contributed by atoms with Gasteiger partial charge in [0.15, 0.2) is 0 Å². The second-order valence-electron chi connectivity index (χ2n) is 4.05. The van der Waals surface area contributed by atoms with Crippen LogP contribution >= 0.6 is 0 Å². The van der Waals surface area contributed by atoms with Crippen molar-refractivity contribution in [2.75, 3.05) is 11.9 Å². The standard InChI is InChI=1S/C13H19NO/c1-5-11(3)13(15)14(4)12-8-6-7-10(2)9-12/h6-9,11H,5H2,1-4H3/t11-/m1/s1. The number of amides is 1. The normalized spacial score (nSPS) is 12.3. The van der Waals surface area contributed by atoms with Gasteiger partial charge in [-0.05, 0) is 31.0 Å². The van der Waals surface area contributed by atoms with E-state index >= 15 is 0 Å². The van der Waals surface area contributed by atoms with Crippen LogP contribution in [0.3, 0.4) is 0 Å². The Hall–Kier alpha value is -1.31. The number of nitrogens with zero attached hydrogens (tertiary/aromatic N) is 1. The van der Waals surface area contributed by atoms with Crippen molar-refractivity contribution in [3.05, 3.63) is 29.8 Å². The van der Waals surface area contributed by atoms with Crippen LogP contribution in [0.25, 0.3) is 0 Å². The molecular formula is C13H19NO. The third kappa shape index (κ3) is 2.82. The second kappa shape index (κ2) is 4.96. The maximum absolute atomic E-state index is 11.9. The van der Waals surface area contributed by atoms with Crippen molar-refractivity contribution in [1.29, 1.82) is 0 Å². The number of hydrogen-bond acceptors (Lipinski definition) is 1. The van der Waals surface area contributed by atoms with Gasteiger partial charge < -0.3 is 4.90 Å². The molecule has 2 heteroatoms. The molecule has 15 heavy (non-hydrogen) atoms. The molecule has 0 N–H and O–H groups in total. The number of hydrogen-bond donors (Lipinski definition) is 0. The van der Waals surface area contributed by atoms with Crippen LogP contribution in [0.5, 0.6) is 0 Å². The summed E-state index contributed by atoms with van der Waals surface area (Å²) >= 11 is 0. The lowest BCUT2D eigenvalue weighted by Gasteiger charge is -2.21. The van der Waals surface area contributed by atoms with Gasteiger partial charge in [-0.2, -0.15) is 0 Å². The van der Waals surface area contributed by atoms with Crippen molar-refractivity contribution >= 4 is 11.6 Å². The van der Waals surface area contributed by atoms with Gasteiger partial charge >= 0.3 is 0 Å². The van der Waals surface area contributed by atoms with E-state index in [1.807, 2.05) is 52.1 Å². The molecule has 0 aromatic heterocycles. The number of rotatable bonds is 3. The molecule has 0 unspecified atom stereocenters. The van der Waals surface area contributed by atoms with Crippen molar-refractivity contribution in [3.8, 4) is 0 Å². The number of benzene rings is 1. The Morgan fingerprint density at radius 1 is 1.47 bits per heavy atom. The molecule has 1 atom stereocenters. The summed E-state index contributed by atoms with van der Waals surface area (Å²) in [7, 11) is 1.84. The first kappa shape index (κ1) is 11.8. The summed E-state index contributed by atoms with van der Waals surface area (Å²) < 4.78 is 0. The molecule has 0 saturated heterocycles. The summed E-state index contributed by atoms with van der Waals surface area (Å²) in [5.74, 6) is 0.276. The summed E-state index contributed by atoms with van der Waals surface area (Å²) in [6.45, 7) is 6.03. The van der Waals surface area contributed by atoms with E-state index in [9.17, 15) is 4.79 Å². The van der Waals surface area contributed by atoms with Gasteiger partial charge in [-0.1, -0.05) is 26.0 Å². The van der Waals surface area contributed by atoms with E-state index in [2.05, 4.69) is 0 Å². The van der Waals surface area contributed by atoms with Crippen molar-refractivity contribution < 1.29 is 4.79 Å². The number of aryl methyl sites for hydroxylation is 1. The highest BCUT2D eigenvalue weighted by Crippen LogP contribution is 2.17. The molecule has 0 aliphatic carbocycles. The zero-order valence-electron chi connectivity index (χ0n) is 9.95. The Balaban J connectivity index is 2.85. The van der Waals surface area contributed by atoms with E-state index in [4.69, 9.17) is 0 Å². The maximum atomic E-state index is 11.9. The van der Waals surface area contributed by atoms with Gasteiger partial charge in [0.25, 0.3) is 0 Å². The number of carbonyl (C=O) groups excluding carboxylic acids is 1. The quantitative estimate of drug-likeness (QED) is 0.742. The predicted octanol–water partition coefficient (Wildman–Crippen LogP) is 3.00. The third-order valence-corrected chi connectivity index (χ3v) is 2.75. The van der Waals surface area contributed by atoms with Crippen LogP contribution in [0.15, 0.2) is 24.3 Å². The molecule has 0 heterocycles. The summed E-state index contributed by atoms with van der Waals surface area (Å²) in [5, 5.41) is 0. The molecule has 1 aromatic carbocycles. The minimum Gasteiger partial charge on any atom is -0.315 e. The average molecular weight is 205 g/mol. The van der Waals surface area contributed by atoms with Crippen LogP contribution in [0.1, 0.15) is 25.8 Å². The molecule has 0 fully saturated rings. The summed E-state index contributed by atoms with van der Waals surface area (Å²) in [4.78, 5) is 13.6. The molecule has 0 aliphatic rings. The van der Waals surface area contributed by atoms with Gasteiger partial charge in [0.2, 0.25) is 5.91 Å². The zero-order valence-corrected chi connectivity index (χ0v) is 9.95. The smallest absolute Gasteiger partial charge is 0.229 e. The van der Waals surface area contributed by atoms with E-state index in [0.29, 0.717) is 0 Å². The monoisotopic (exact) mass is 205 g/mol.